The zero-order valence-corrected chi connectivity index (χ0v) is 17.6. The van der Waals surface area contributed by atoms with E-state index >= 15 is 0 Å². The lowest BCUT2D eigenvalue weighted by Gasteiger charge is -2.42. The number of rotatable bonds is 5. The first-order valence-corrected chi connectivity index (χ1v) is 10.4. The fraction of sp³-hybridized carbons (Fsp3) is 0.550. The minimum absolute atomic E-state index is 0.231. The number of hydrogen-bond donors (Lipinski definition) is 4. The molecule has 1 aromatic carbocycles. The quantitative estimate of drug-likeness (QED) is 0.515. The highest BCUT2D eigenvalue weighted by atomic mass is 32.1. The number of carbonyl (C=O) groups excluding carboxylic acids is 1. The Labute approximate surface area is 178 Å². The van der Waals surface area contributed by atoms with Crippen LogP contribution in [-0.4, -0.2) is 66.5 Å². The molecule has 4 N–H and O–H groups in total. The summed E-state index contributed by atoms with van der Waals surface area (Å²) < 4.78 is 9.70. The molecule has 1 aromatic heterocycles. The summed E-state index contributed by atoms with van der Waals surface area (Å²) in [5.74, 6) is 0.281. The van der Waals surface area contributed by atoms with Gasteiger partial charge < -0.3 is 25.4 Å². The van der Waals surface area contributed by atoms with Gasteiger partial charge in [0.2, 0.25) is 10.7 Å². The average molecular weight is 435 g/mol. The fourth-order valence-electron chi connectivity index (χ4n) is 3.82. The summed E-state index contributed by atoms with van der Waals surface area (Å²) in [6.07, 6.45) is -2.77. The van der Waals surface area contributed by atoms with Crippen molar-refractivity contribution >= 4 is 18.1 Å². The molecule has 1 aliphatic carbocycles. The molecule has 9 nitrogen and oxygen atoms in total. The first kappa shape index (κ1) is 21.1. The number of hydrogen-bond acceptors (Lipinski definition) is 7. The van der Waals surface area contributed by atoms with Gasteiger partial charge in [-0.3, -0.25) is 9.36 Å². The van der Waals surface area contributed by atoms with Crippen molar-refractivity contribution in [3.63, 3.8) is 0 Å². The Hall–Kier alpha value is -2.11. The summed E-state index contributed by atoms with van der Waals surface area (Å²) in [6, 6.07) is 7.17. The van der Waals surface area contributed by atoms with Crippen molar-refractivity contribution in [3.8, 4) is 11.4 Å². The molecular weight excluding hydrogens is 408 g/mol. The first-order chi connectivity index (χ1) is 14.3. The highest BCUT2D eigenvalue weighted by Crippen LogP contribution is 2.40. The molecule has 2 heterocycles. The molecule has 4 rings (SSSR count). The summed E-state index contributed by atoms with van der Waals surface area (Å²) in [6.45, 7) is 2.82. The van der Waals surface area contributed by atoms with Gasteiger partial charge in [-0.15, -0.1) is 5.10 Å². The van der Waals surface area contributed by atoms with Crippen LogP contribution >= 0.6 is 12.2 Å². The lowest BCUT2D eigenvalue weighted by atomic mass is 9.96. The van der Waals surface area contributed by atoms with E-state index in [2.05, 4.69) is 5.32 Å². The highest BCUT2D eigenvalue weighted by Gasteiger charge is 2.47. The van der Waals surface area contributed by atoms with Crippen LogP contribution in [0.3, 0.4) is 0 Å². The molecule has 0 bridgehead atoms. The molecule has 2 fully saturated rings. The van der Waals surface area contributed by atoms with E-state index in [0.29, 0.717) is 10.6 Å². The molecule has 0 radical (unpaired) electrons. The molecule has 1 saturated heterocycles. The second kappa shape index (κ2) is 8.20. The van der Waals surface area contributed by atoms with Crippen molar-refractivity contribution in [2.45, 2.75) is 63.3 Å². The maximum atomic E-state index is 11.8. The van der Waals surface area contributed by atoms with Gasteiger partial charge in [-0.1, -0.05) is 29.8 Å². The standard InChI is InChI=1S/C20H26N4O5S/c1-10-3-5-12(6-4-10)18-22-24(20(30)23(18)13-7-8-13)19-15(21-11(2)26)17(28)16(27)14(9-25)29-19/h3-6,13-17,19,25,27-28H,7-9H2,1-2H3,(H,21,26)/t14-,15-,16+,17-,19-/m0/s1. The molecule has 1 aliphatic heterocycles. The predicted molar refractivity (Wildman–Crippen MR) is 110 cm³/mol. The minimum Gasteiger partial charge on any atom is -0.394 e. The normalized spacial score (nSPS) is 29.0. The first-order valence-electron chi connectivity index (χ1n) is 9.99. The summed E-state index contributed by atoms with van der Waals surface area (Å²) in [7, 11) is 0. The van der Waals surface area contributed by atoms with Gasteiger partial charge >= 0.3 is 0 Å². The SMILES string of the molecule is CC(=O)N[C@H]1[C@H](O)[C@H](O)[C@H](CO)O[C@@H]1n1nc(-c2ccc(C)cc2)n(C2CC2)c1=S. The lowest BCUT2D eigenvalue weighted by Crippen LogP contribution is -2.62. The Balaban J connectivity index is 1.81. The van der Waals surface area contributed by atoms with Crippen molar-refractivity contribution in [1.82, 2.24) is 19.7 Å². The summed E-state index contributed by atoms with van der Waals surface area (Å²) >= 11 is 5.71. The fourth-order valence-corrected chi connectivity index (χ4v) is 4.20. The monoisotopic (exact) mass is 434 g/mol. The molecule has 2 aromatic rings. The largest absolute Gasteiger partial charge is 0.394 e. The van der Waals surface area contributed by atoms with Gasteiger partial charge in [-0.2, -0.15) is 0 Å². The van der Waals surface area contributed by atoms with Crippen molar-refractivity contribution in [1.29, 1.82) is 0 Å². The van der Waals surface area contributed by atoms with E-state index < -0.39 is 43.1 Å². The van der Waals surface area contributed by atoms with Gasteiger partial charge in [0.15, 0.2) is 12.1 Å². The maximum absolute atomic E-state index is 11.8. The number of aliphatic hydroxyl groups excluding tert-OH is 3. The smallest absolute Gasteiger partial charge is 0.217 e. The van der Waals surface area contributed by atoms with Crippen LogP contribution < -0.4 is 5.32 Å². The van der Waals surface area contributed by atoms with Gasteiger partial charge in [0, 0.05) is 18.5 Å². The number of carbonyl (C=O) groups is 1. The third-order valence-electron chi connectivity index (χ3n) is 5.57. The van der Waals surface area contributed by atoms with Crippen LogP contribution in [0.25, 0.3) is 11.4 Å². The van der Waals surface area contributed by atoms with Gasteiger partial charge in [0.25, 0.3) is 0 Å². The zero-order valence-electron chi connectivity index (χ0n) is 16.8. The van der Waals surface area contributed by atoms with Gasteiger partial charge in [0.05, 0.1) is 6.61 Å². The summed E-state index contributed by atoms with van der Waals surface area (Å²) in [5, 5.41) is 37.8. The topological polar surface area (TPSA) is 122 Å². The molecule has 2 aliphatic rings. The van der Waals surface area contributed by atoms with Gasteiger partial charge in [-0.25, -0.2) is 4.68 Å². The molecule has 0 spiro atoms. The Morgan fingerprint density at radius 2 is 1.93 bits per heavy atom. The summed E-state index contributed by atoms with van der Waals surface area (Å²) in [5.41, 5.74) is 2.02. The maximum Gasteiger partial charge on any atom is 0.217 e. The number of benzene rings is 1. The average Bonchev–Trinajstić information content (AvgIpc) is 3.49. The number of aliphatic hydroxyl groups is 3. The number of nitrogens with zero attached hydrogens (tertiary/aromatic N) is 3. The van der Waals surface area contributed by atoms with Crippen molar-refractivity contribution in [3.05, 3.63) is 34.6 Å². The van der Waals surface area contributed by atoms with E-state index in [0.717, 1.165) is 24.0 Å². The lowest BCUT2D eigenvalue weighted by molar-refractivity contribution is -0.219. The van der Waals surface area contributed by atoms with E-state index in [1.54, 1.807) is 0 Å². The highest BCUT2D eigenvalue weighted by molar-refractivity contribution is 7.71. The number of nitrogens with one attached hydrogen (secondary N) is 1. The van der Waals surface area contributed by atoms with Crippen LogP contribution in [0.15, 0.2) is 24.3 Å². The van der Waals surface area contributed by atoms with Crippen LogP contribution in [0, 0.1) is 11.7 Å². The molecule has 5 atom stereocenters. The summed E-state index contributed by atoms with van der Waals surface area (Å²) in [4.78, 5) is 11.8. The Bertz CT molecular complexity index is 984. The Kier molecular flexibility index (Phi) is 5.78. The van der Waals surface area contributed by atoms with Crippen molar-refractivity contribution < 1.29 is 24.9 Å². The molecule has 0 unspecified atom stereocenters. The molecule has 1 saturated carbocycles. The van der Waals surface area contributed by atoms with E-state index in [4.69, 9.17) is 22.1 Å². The van der Waals surface area contributed by atoms with Crippen LogP contribution in [-0.2, 0) is 9.53 Å². The van der Waals surface area contributed by atoms with E-state index in [1.165, 1.54) is 11.6 Å². The molecule has 1 amide bonds. The van der Waals surface area contributed by atoms with Crippen LogP contribution in [0.4, 0.5) is 0 Å². The molecule has 10 heteroatoms. The minimum atomic E-state index is -1.36. The van der Waals surface area contributed by atoms with E-state index in [-0.39, 0.29) is 6.04 Å². The van der Waals surface area contributed by atoms with Crippen LogP contribution in [0.1, 0.15) is 37.6 Å². The third kappa shape index (κ3) is 3.81. The number of amides is 1. The third-order valence-corrected chi connectivity index (χ3v) is 5.95. The molecule has 162 valence electrons. The second-order valence-electron chi connectivity index (χ2n) is 7.97. The predicted octanol–water partition coefficient (Wildman–Crippen LogP) is 0.841. The Morgan fingerprint density at radius 1 is 1.27 bits per heavy atom. The zero-order chi connectivity index (χ0) is 21.6. The van der Waals surface area contributed by atoms with Crippen LogP contribution in [0.5, 0.6) is 0 Å². The number of ether oxygens (including phenoxy) is 1. The van der Waals surface area contributed by atoms with E-state index in [9.17, 15) is 20.1 Å². The van der Waals surface area contributed by atoms with Crippen molar-refractivity contribution in [2.75, 3.05) is 6.61 Å². The Morgan fingerprint density at radius 3 is 2.50 bits per heavy atom. The molecule has 30 heavy (non-hydrogen) atoms. The molecular formula is C20H26N4O5S. The van der Waals surface area contributed by atoms with Gasteiger partial charge in [-0.05, 0) is 32.0 Å². The van der Waals surface area contributed by atoms with Gasteiger partial charge in [0.1, 0.15) is 24.4 Å². The van der Waals surface area contributed by atoms with Crippen molar-refractivity contribution in [2.24, 2.45) is 0 Å². The van der Waals surface area contributed by atoms with Crippen LogP contribution in [0.2, 0.25) is 0 Å². The number of aryl methyl sites for hydroxylation is 1. The number of aromatic nitrogens is 3. The second-order valence-corrected chi connectivity index (χ2v) is 8.34. The van der Waals surface area contributed by atoms with E-state index in [1.807, 2.05) is 35.8 Å².